The molecule has 0 atom stereocenters. The van der Waals surface area contributed by atoms with E-state index < -0.39 is 0 Å². The molecule has 0 unspecified atom stereocenters. The van der Waals surface area contributed by atoms with Crippen LogP contribution >= 0.6 is 0 Å². The van der Waals surface area contributed by atoms with Crippen LogP contribution in [0.3, 0.4) is 0 Å². The van der Waals surface area contributed by atoms with Crippen molar-refractivity contribution in [1.82, 2.24) is 4.98 Å². The molecule has 22 heavy (non-hydrogen) atoms. The molecule has 0 spiro atoms. The Morgan fingerprint density at radius 1 is 1.00 bits per heavy atom. The summed E-state index contributed by atoms with van der Waals surface area (Å²) in [6.45, 7) is 0. The van der Waals surface area contributed by atoms with E-state index >= 15 is 0 Å². The minimum Gasteiger partial charge on any atom is -0.397 e. The van der Waals surface area contributed by atoms with Gasteiger partial charge in [0.2, 0.25) is 0 Å². The molecule has 0 aliphatic rings. The SMILES string of the molecule is CN(C)c1ccc(/C=C\c2ccnc3ccccc23)cc1N. The lowest BCUT2D eigenvalue weighted by Crippen LogP contribution is -2.10. The lowest BCUT2D eigenvalue weighted by molar-refractivity contribution is 1.13. The van der Waals surface area contributed by atoms with Gasteiger partial charge in [-0.15, -0.1) is 0 Å². The van der Waals surface area contributed by atoms with E-state index in [4.69, 9.17) is 5.73 Å². The van der Waals surface area contributed by atoms with Crippen molar-refractivity contribution in [2.24, 2.45) is 0 Å². The average molecular weight is 289 g/mol. The molecule has 0 fully saturated rings. The van der Waals surface area contributed by atoms with Crippen LogP contribution in [0.25, 0.3) is 23.1 Å². The van der Waals surface area contributed by atoms with Crippen LogP contribution in [0.2, 0.25) is 0 Å². The number of aromatic nitrogens is 1. The van der Waals surface area contributed by atoms with Gasteiger partial charge in [0.1, 0.15) is 0 Å². The Morgan fingerprint density at radius 2 is 1.82 bits per heavy atom. The van der Waals surface area contributed by atoms with Gasteiger partial charge in [-0.25, -0.2) is 0 Å². The summed E-state index contributed by atoms with van der Waals surface area (Å²) >= 11 is 0. The van der Waals surface area contributed by atoms with Gasteiger partial charge in [-0.05, 0) is 35.4 Å². The van der Waals surface area contributed by atoms with Crippen LogP contribution in [0, 0.1) is 0 Å². The smallest absolute Gasteiger partial charge is 0.0707 e. The van der Waals surface area contributed by atoms with Crippen LogP contribution in [0.4, 0.5) is 11.4 Å². The van der Waals surface area contributed by atoms with E-state index in [9.17, 15) is 0 Å². The summed E-state index contributed by atoms with van der Waals surface area (Å²) in [4.78, 5) is 6.40. The number of rotatable bonds is 3. The van der Waals surface area contributed by atoms with Crippen molar-refractivity contribution in [2.75, 3.05) is 24.7 Å². The number of fused-ring (bicyclic) bond motifs is 1. The highest BCUT2D eigenvalue weighted by Crippen LogP contribution is 2.24. The van der Waals surface area contributed by atoms with Crippen LogP contribution in [0.1, 0.15) is 11.1 Å². The van der Waals surface area contributed by atoms with Gasteiger partial charge in [-0.1, -0.05) is 36.4 Å². The Morgan fingerprint density at radius 3 is 2.59 bits per heavy atom. The number of nitrogens with zero attached hydrogens (tertiary/aromatic N) is 2. The van der Waals surface area contributed by atoms with Crippen molar-refractivity contribution in [3.05, 3.63) is 65.9 Å². The molecule has 0 aliphatic carbocycles. The van der Waals surface area contributed by atoms with Gasteiger partial charge in [0.05, 0.1) is 16.9 Å². The van der Waals surface area contributed by atoms with E-state index in [2.05, 4.69) is 29.3 Å². The van der Waals surface area contributed by atoms with Crippen molar-refractivity contribution >= 4 is 34.4 Å². The van der Waals surface area contributed by atoms with Crippen molar-refractivity contribution in [1.29, 1.82) is 0 Å². The predicted molar refractivity (Wildman–Crippen MR) is 95.9 cm³/mol. The molecule has 3 aromatic rings. The second-order valence-electron chi connectivity index (χ2n) is 5.46. The standard InChI is InChI=1S/C19H19N3/c1-22(2)19-10-8-14(13-17(19)20)7-9-15-11-12-21-18-6-4-3-5-16(15)18/h3-13H,20H2,1-2H3/b9-7-. The van der Waals surface area contributed by atoms with Gasteiger partial charge < -0.3 is 10.6 Å². The first-order valence-electron chi connectivity index (χ1n) is 7.24. The van der Waals surface area contributed by atoms with Crippen molar-refractivity contribution in [3.63, 3.8) is 0 Å². The first kappa shape index (κ1) is 14.1. The minimum atomic E-state index is 0.784. The third-order valence-corrected chi connectivity index (χ3v) is 3.67. The Balaban J connectivity index is 1.95. The van der Waals surface area contributed by atoms with Crippen molar-refractivity contribution in [2.45, 2.75) is 0 Å². The van der Waals surface area contributed by atoms with Gasteiger partial charge in [0.15, 0.2) is 0 Å². The molecule has 0 saturated carbocycles. The maximum Gasteiger partial charge on any atom is 0.0707 e. The molecule has 3 rings (SSSR count). The zero-order valence-electron chi connectivity index (χ0n) is 12.8. The van der Waals surface area contributed by atoms with E-state index in [1.807, 2.05) is 61.6 Å². The summed E-state index contributed by atoms with van der Waals surface area (Å²) in [5.41, 5.74) is 11.2. The molecule has 0 radical (unpaired) electrons. The molecule has 1 aromatic heterocycles. The van der Waals surface area contributed by atoms with Crippen LogP contribution in [-0.2, 0) is 0 Å². The fraction of sp³-hybridized carbons (Fsp3) is 0.105. The second kappa shape index (κ2) is 5.90. The fourth-order valence-electron chi connectivity index (χ4n) is 2.53. The molecular weight excluding hydrogens is 270 g/mol. The fourth-order valence-corrected chi connectivity index (χ4v) is 2.53. The van der Waals surface area contributed by atoms with Crippen molar-refractivity contribution in [3.8, 4) is 0 Å². The normalized spacial score (nSPS) is 11.2. The Bertz CT molecular complexity index is 830. The van der Waals surface area contributed by atoms with E-state index in [0.29, 0.717) is 0 Å². The van der Waals surface area contributed by atoms with Crippen LogP contribution in [0.15, 0.2) is 54.7 Å². The number of nitrogen functional groups attached to an aromatic ring is 1. The highest BCUT2D eigenvalue weighted by Gasteiger charge is 2.02. The number of para-hydroxylation sites is 1. The zero-order valence-corrected chi connectivity index (χ0v) is 12.8. The molecule has 0 aliphatic heterocycles. The number of hydrogen-bond donors (Lipinski definition) is 1. The molecule has 110 valence electrons. The second-order valence-corrected chi connectivity index (χ2v) is 5.46. The van der Waals surface area contributed by atoms with E-state index in [0.717, 1.165) is 33.4 Å². The quantitative estimate of drug-likeness (QED) is 0.739. The summed E-state index contributed by atoms with van der Waals surface area (Å²) in [5, 5.41) is 1.15. The molecule has 2 N–H and O–H groups in total. The first-order valence-corrected chi connectivity index (χ1v) is 7.24. The number of hydrogen-bond acceptors (Lipinski definition) is 3. The van der Waals surface area contributed by atoms with Crippen LogP contribution in [0.5, 0.6) is 0 Å². The molecule has 3 nitrogen and oxygen atoms in total. The Hall–Kier alpha value is -2.81. The van der Waals surface area contributed by atoms with E-state index in [-0.39, 0.29) is 0 Å². The number of benzene rings is 2. The summed E-state index contributed by atoms with van der Waals surface area (Å²) in [6.07, 6.45) is 6.03. The maximum absolute atomic E-state index is 6.10. The van der Waals surface area contributed by atoms with Gasteiger partial charge in [-0.3, -0.25) is 4.98 Å². The first-order chi connectivity index (χ1) is 10.6. The molecular formula is C19H19N3. The number of nitrogens with two attached hydrogens (primary N) is 1. The highest BCUT2D eigenvalue weighted by molar-refractivity contribution is 5.90. The molecule has 0 amide bonds. The van der Waals surface area contributed by atoms with Gasteiger partial charge >= 0.3 is 0 Å². The van der Waals surface area contributed by atoms with Gasteiger partial charge in [0.25, 0.3) is 0 Å². The lowest BCUT2D eigenvalue weighted by atomic mass is 10.1. The topological polar surface area (TPSA) is 42.2 Å². The predicted octanol–water partition coefficient (Wildman–Crippen LogP) is 4.05. The van der Waals surface area contributed by atoms with Crippen molar-refractivity contribution < 1.29 is 0 Å². The van der Waals surface area contributed by atoms with Crippen LogP contribution in [-0.4, -0.2) is 19.1 Å². The number of anilines is 2. The molecule has 1 heterocycles. The summed E-state index contributed by atoms with van der Waals surface area (Å²) in [6, 6.07) is 16.3. The van der Waals surface area contributed by atoms with E-state index in [1.165, 1.54) is 0 Å². The Kier molecular flexibility index (Phi) is 3.79. The van der Waals surface area contributed by atoms with E-state index in [1.54, 1.807) is 0 Å². The lowest BCUT2D eigenvalue weighted by Gasteiger charge is -2.15. The highest BCUT2D eigenvalue weighted by atomic mass is 15.1. The monoisotopic (exact) mass is 289 g/mol. The maximum atomic E-state index is 6.10. The van der Waals surface area contributed by atoms with Crippen LogP contribution < -0.4 is 10.6 Å². The summed E-state index contributed by atoms with van der Waals surface area (Å²) in [7, 11) is 3.98. The molecule has 3 heteroatoms. The summed E-state index contributed by atoms with van der Waals surface area (Å²) in [5.74, 6) is 0. The third-order valence-electron chi connectivity index (χ3n) is 3.67. The zero-order chi connectivity index (χ0) is 15.5. The number of pyridine rings is 1. The molecule has 0 bridgehead atoms. The summed E-state index contributed by atoms with van der Waals surface area (Å²) < 4.78 is 0. The minimum absolute atomic E-state index is 0.784. The van der Waals surface area contributed by atoms with Gasteiger partial charge in [0, 0.05) is 25.7 Å². The average Bonchev–Trinajstić information content (AvgIpc) is 2.52. The third kappa shape index (κ3) is 2.79. The Labute approximate surface area is 130 Å². The molecule has 2 aromatic carbocycles. The van der Waals surface area contributed by atoms with Gasteiger partial charge in [-0.2, -0.15) is 0 Å². The molecule has 0 saturated heterocycles. The largest absolute Gasteiger partial charge is 0.397 e.